The van der Waals surface area contributed by atoms with E-state index in [1.54, 1.807) is 0 Å². The predicted molar refractivity (Wildman–Crippen MR) is 97.9 cm³/mol. The molecule has 0 aliphatic carbocycles. The predicted octanol–water partition coefficient (Wildman–Crippen LogP) is 5.98. The number of hydrogen-bond acceptors (Lipinski definition) is 2. The van der Waals surface area contributed by atoms with Gasteiger partial charge in [0.25, 0.3) is 0 Å². The Bertz CT molecular complexity index is 929. The van der Waals surface area contributed by atoms with Crippen molar-refractivity contribution in [1.29, 1.82) is 0 Å². The largest absolute Gasteiger partial charge is 0.246 e. The molecular weight excluding hydrogens is 404 g/mol. The molecule has 2 aromatic carbocycles. The minimum atomic E-state index is 0.858. The van der Waals surface area contributed by atoms with Gasteiger partial charge >= 0.3 is 0 Å². The topological polar surface area (TPSA) is 25.8 Å². The molecule has 0 radical (unpaired) electrons. The summed E-state index contributed by atoms with van der Waals surface area (Å²) in [5, 5.41) is 2.21. The Morgan fingerprint density at radius 1 is 0.591 bits per heavy atom. The summed E-state index contributed by atoms with van der Waals surface area (Å²) in [6.45, 7) is 0. The normalized spacial score (nSPS) is 11.2. The molecule has 0 saturated heterocycles. The molecule has 0 bridgehead atoms. The number of aromatic nitrogens is 2. The van der Waals surface area contributed by atoms with Gasteiger partial charge in [-0.05, 0) is 24.3 Å². The van der Waals surface area contributed by atoms with Crippen LogP contribution in [-0.2, 0) is 0 Å². The van der Waals surface area contributed by atoms with Gasteiger partial charge < -0.3 is 0 Å². The van der Waals surface area contributed by atoms with E-state index in [1.165, 1.54) is 0 Å². The lowest BCUT2D eigenvalue weighted by atomic mass is 10.1. The monoisotopic (exact) mass is 412 g/mol. The third-order valence-electron chi connectivity index (χ3n) is 3.59. The summed E-state index contributed by atoms with van der Waals surface area (Å²) in [7, 11) is 0. The van der Waals surface area contributed by atoms with E-state index in [1.807, 2.05) is 48.5 Å². The molecule has 0 atom stereocenters. The molecule has 0 aliphatic rings. The summed E-state index contributed by atoms with van der Waals surface area (Å²) < 4.78 is 2.05. The Labute approximate surface area is 144 Å². The molecule has 22 heavy (non-hydrogen) atoms. The van der Waals surface area contributed by atoms with Crippen LogP contribution < -0.4 is 0 Å². The van der Waals surface area contributed by atoms with E-state index in [0.29, 0.717) is 0 Å². The van der Waals surface area contributed by atoms with E-state index in [9.17, 15) is 0 Å². The van der Waals surface area contributed by atoms with Gasteiger partial charge in [0.15, 0.2) is 0 Å². The van der Waals surface area contributed by atoms with Crippen molar-refractivity contribution in [3.63, 3.8) is 0 Å². The Kier molecular flexibility index (Phi) is 3.43. The van der Waals surface area contributed by atoms with Crippen LogP contribution in [0.15, 0.2) is 69.6 Å². The van der Waals surface area contributed by atoms with E-state index in [-0.39, 0.29) is 0 Å². The number of fused-ring (bicyclic) bond motifs is 2. The third-order valence-corrected chi connectivity index (χ3v) is 4.91. The van der Waals surface area contributed by atoms with E-state index in [2.05, 4.69) is 44.0 Å². The number of halogens is 2. The van der Waals surface area contributed by atoms with Crippen molar-refractivity contribution >= 4 is 53.7 Å². The van der Waals surface area contributed by atoms with E-state index < -0.39 is 0 Å². The fourth-order valence-corrected chi connectivity index (χ4v) is 3.63. The molecule has 2 heterocycles. The summed E-state index contributed by atoms with van der Waals surface area (Å²) >= 11 is 7.27. The van der Waals surface area contributed by atoms with Crippen LogP contribution >= 0.6 is 31.9 Å². The maximum absolute atomic E-state index is 4.74. The molecule has 0 fully saturated rings. The Morgan fingerprint density at radius 2 is 1.00 bits per heavy atom. The quantitative estimate of drug-likeness (QED) is 0.383. The number of benzene rings is 2. The van der Waals surface area contributed by atoms with Crippen molar-refractivity contribution in [2.45, 2.75) is 0 Å². The molecule has 0 amide bonds. The Hall–Kier alpha value is -1.78. The molecule has 106 valence electrons. The van der Waals surface area contributed by atoms with Gasteiger partial charge in [-0.1, -0.05) is 68.3 Å². The molecule has 0 unspecified atom stereocenters. The zero-order valence-electron chi connectivity index (χ0n) is 11.4. The highest BCUT2D eigenvalue weighted by molar-refractivity contribution is 9.11. The zero-order valence-corrected chi connectivity index (χ0v) is 14.6. The summed E-state index contributed by atoms with van der Waals surface area (Å²) in [6, 6.07) is 20.2. The second kappa shape index (κ2) is 5.45. The molecule has 4 rings (SSSR count). The van der Waals surface area contributed by atoms with Gasteiger partial charge in [0.2, 0.25) is 0 Å². The lowest BCUT2D eigenvalue weighted by Gasteiger charge is -2.07. The molecule has 0 spiro atoms. The van der Waals surface area contributed by atoms with Crippen LogP contribution in [0.3, 0.4) is 0 Å². The SMILES string of the molecule is Brc1cc(-c2cc(Br)c3ccccc3n2)nc2ccccc12. The minimum absolute atomic E-state index is 0.858. The van der Waals surface area contributed by atoms with Crippen molar-refractivity contribution < 1.29 is 0 Å². The number of para-hydroxylation sites is 2. The van der Waals surface area contributed by atoms with Crippen molar-refractivity contribution in [1.82, 2.24) is 9.97 Å². The van der Waals surface area contributed by atoms with Crippen LogP contribution in [0.4, 0.5) is 0 Å². The first kappa shape index (κ1) is 13.9. The van der Waals surface area contributed by atoms with Gasteiger partial charge in [0, 0.05) is 19.7 Å². The second-order valence-electron chi connectivity index (χ2n) is 5.01. The average molecular weight is 414 g/mol. The lowest BCUT2D eigenvalue weighted by molar-refractivity contribution is 1.31. The maximum atomic E-state index is 4.74. The summed E-state index contributed by atoms with van der Waals surface area (Å²) in [5.41, 5.74) is 3.63. The van der Waals surface area contributed by atoms with Crippen LogP contribution in [0.5, 0.6) is 0 Å². The summed E-state index contributed by atoms with van der Waals surface area (Å²) in [5.74, 6) is 0. The highest BCUT2D eigenvalue weighted by Gasteiger charge is 2.09. The van der Waals surface area contributed by atoms with Gasteiger partial charge in [-0.3, -0.25) is 0 Å². The molecule has 0 N–H and O–H groups in total. The van der Waals surface area contributed by atoms with Crippen LogP contribution in [-0.4, -0.2) is 9.97 Å². The van der Waals surface area contributed by atoms with Gasteiger partial charge in [-0.25, -0.2) is 9.97 Å². The minimum Gasteiger partial charge on any atom is -0.246 e. The van der Waals surface area contributed by atoms with Gasteiger partial charge in [-0.15, -0.1) is 0 Å². The smallest absolute Gasteiger partial charge is 0.0905 e. The maximum Gasteiger partial charge on any atom is 0.0905 e. The summed E-state index contributed by atoms with van der Waals surface area (Å²) in [6.07, 6.45) is 0. The fraction of sp³-hybridized carbons (Fsp3) is 0. The Morgan fingerprint density at radius 3 is 1.45 bits per heavy atom. The number of rotatable bonds is 1. The van der Waals surface area contributed by atoms with Crippen LogP contribution in [0.25, 0.3) is 33.2 Å². The van der Waals surface area contributed by atoms with Crippen LogP contribution in [0.1, 0.15) is 0 Å². The van der Waals surface area contributed by atoms with E-state index in [0.717, 1.165) is 42.1 Å². The Balaban J connectivity index is 1.99. The van der Waals surface area contributed by atoms with Crippen molar-refractivity contribution in [2.24, 2.45) is 0 Å². The van der Waals surface area contributed by atoms with E-state index >= 15 is 0 Å². The number of pyridine rings is 2. The van der Waals surface area contributed by atoms with Gasteiger partial charge in [0.05, 0.1) is 22.4 Å². The standard InChI is InChI=1S/C18H10Br2N2/c19-13-9-17(21-15-7-3-1-5-11(13)15)18-10-14(20)12-6-2-4-8-16(12)22-18/h1-10H. The molecule has 2 nitrogen and oxygen atoms in total. The first-order valence-electron chi connectivity index (χ1n) is 6.83. The van der Waals surface area contributed by atoms with Crippen molar-refractivity contribution in [3.05, 3.63) is 69.6 Å². The first-order valence-corrected chi connectivity index (χ1v) is 8.42. The van der Waals surface area contributed by atoms with Crippen LogP contribution in [0, 0.1) is 0 Å². The molecule has 0 aliphatic heterocycles. The average Bonchev–Trinajstić information content (AvgIpc) is 2.55. The third kappa shape index (κ3) is 2.32. The highest BCUT2D eigenvalue weighted by atomic mass is 79.9. The van der Waals surface area contributed by atoms with Gasteiger partial charge in [-0.2, -0.15) is 0 Å². The van der Waals surface area contributed by atoms with E-state index in [4.69, 9.17) is 9.97 Å². The van der Waals surface area contributed by atoms with Crippen LogP contribution in [0.2, 0.25) is 0 Å². The molecule has 0 saturated carbocycles. The van der Waals surface area contributed by atoms with Crippen molar-refractivity contribution in [3.8, 4) is 11.4 Å². The number of nitrogens with zero attached hydrogens (tertiary/aromatic N) is 2. The summed E-state index contributed by atoms with van der Waals surface area (Å²) in [4.78, 5) is 9.48. The van der Waals surface area contributed by atoms with Crippen molar-refractivity contribution in [2.75, 3.05) is 0 Å². The zero-order chi connectivity index (χ0) is 15.1. The second-order valence-corrected chi connectivity index (χ2v) is 6.72. The molecule has 4 heteroatoms. The highest BCUT2D eigenvalue weighted by Crippen LogP contribution is 2.31. The fourth-order valence-electron chi connectivity index (χ4n) is 2.53. The molecular formula is C18H10Br2N2. The van der Waals surface area contributed by atoms with Gasteiger partial charge in [0.1, 0.15) is 0 Å². The molecule has 2 aromatic heterocycles. The molecule has 4 aromatic rings. The lowest BCUT2D eigenvalue weighted by Crippen LogP contribution is -1.91. The first-order chi connectivity index (χ1) is 10.7. The number of hydrogen-bond donors (Lipinski definition) is 0.